The fourth-order valence-corrected chi connectivity index (χ4v) is 5.42. The van der Waals surface area contributed by atoms with Crippen LogP contribution in [0.2, 0.25) is 5.02 Å². The van der Waals surface area contributed by atoms with E-state index in [-0.39, 0.29) is 22.9 Å². The van der Waals surface area contributed by atoms with Crippen molar-refractivity contribution in [2.24, 2.45) is 11.3 Å². The molecule has 1 unspecified atom stereocenters. The van der Waals surface area contributed by atoms with Gasteiger partial charge in [0.05, 0.1) is 28.3 Å². The first-order valence-electron chi connectivity index (χ1n) is 11.6. The average Bonchev–Trinajstić information content (AvgIpc) is 3.20. The van der Waals surface area contributed by atoms with Gasteiger partial charge in [-0.1, -0.05) is 36.2 Å². The minimum atomic E-state index is -0.593. The van der Waals surface area contributed by atoms with Crippen LogP contribution in [-0.4, -0.2) is 26.2 Å². The van der Waals surface area contributed by atoms with Gasteiger partial charge in [0.25, 0.3) is 0 Å². The lowest BCUT2D eigenvalue weighted by molar-refractivity contribution is -0.158. The van der Waals surface area contributed by atoms with Crippen molar-refractivity contribution >= 4 is 40.1 Å². The van der Waals surface area contributed by atoms with Crippen molar-refractivity contribution in [1.29, 1.82) is 0 Å². The van der Waals surface area contributed by atoms with Crippen LogP contribution < -0.4 is 5.32 Å². The number of carbonyl (C=O) groups excluding carboxylic acids is 2. The number of hydrogen-bond donors (Lipinski definition) is 1. The summed E-state index contributed by atoms with van der Waals surface area (Å²) in [6.45, 7) is 0.472. The maximum absolute atomic E-state index is 13.6. The summed E-state index contributed by atoms with van der Waals surface area (Å²) in [4.78, 5) is 33.9. The Morgan fingerprint density at radius 2 is 2.03 bits per heavy atom. The Morgan fingerprint density at radius 3 is 2.77 bits per heavy atom. The predicted octanol–water partition coefficient (Wildman–Crippen LogP) is 5.64. The molecule has 2 fully saturated rings. The maximum Gasteiger partial charge on any atom is 0.236 e. The van der Waals surface area contributed by atoms with Gasteiger partial charge < -0.3 is 9.88 Å². The Kier molecular flexibility index (Phi) is 5.18. The summed E-state index contributed by atoms with van der Waals surface area (Å²) in [7, 11) is 0. The highest BCUT2D eigenvalue weighted by atomic mass is 35.5. The summed E-state index contributed by atoms with van der Waals surface area (Å²) in [6.07, 6.45) is 6.71. The number of nitrogens with one attached hydrogen (secondary N) is 1. The molecule has 2 aliphatic carbocycles. The molecule has 8 heteroatoms. The third-order valence-corrected chi connectivity index (χ3v) is 7.64. The molecule has 2 heterocycles. The van der Waals surface area contributed by atoms with E-state index in [0.29, 0.717) is 29.4 Å². The van der Waals surface area contributed by atoms with E-state index in [1.807, 2.05) is 28.8 Å². The normalized spacial score (nSPS) is 18.3. The molecule has 1 spiro atoms. The molecule has 2 aromatic heterocycles. The van der Waals surface area contributed by atoms with Crippen LogP contribution in [-0.2, 0) is 16.1 Å². The van der Waals surface area contributed by atoms with Gasteiger partial charge in [-0.2, -0.15) is 0 Å². The predicted molar refractivity (Wildman–Crippen MR) is 132 cm³/mol. The Labute approximate surface area is 206 Å². The number of nitrogens with zero attached hydrogens (tertiary/aromatic N) is 3. The number of halogens is 2. The summed E-state index contributed by atoms with van der Waals surface area (Å²) in [5.41, 5.74) is 3.80. The zero-order chi connectivity index (χ0) is 24.2. The number of amides is 1. The second kappa shape index (κ2) is 8.27. The van der Waals surface area contributed by atoms with Crippen molar-refractivity contribution in [2.45, 2.75) is 32.2 Å². The van der Waals surface area contributed by atoms with Gasteiger partial charge >= 0.3 is 0 Å². The minimum absolute atomic E-state index is 0.0625. The van der Waals surface area contributed by atoms with Crippen LogP contribution >= 0.6 is 11.6 Å². The van der Waals surface area contributed by atoms with Crippen molar-refractivity contribution in [3.63, 3.8) is 0 Å². The lowest BCUT2D eigenvalue weighted by Gasteiger charge is -2.51. The number of fused-ring (bicyclic) bond motifs is 1. The molecule has 1 amide bonds. The van der Waals surface area contributed by atoms with E-state index < -0.39 is 5.92 Å². The van der Waals surface area contributed by atoms with Gasteiger partial charge in [0, 0.05) is 23.7 Å². The van der Waals surface area contributed by atoms with E-state index in [9.17, 15) is 14.0 Å². The van der Waals surface area contributed by atoms with Gasteiger partial charge in [0.1, 0.15) is 11.6 Å². The number of imidazole rings is 1. The second-order valence-electron chi connectivity index (χ2n) is 9.50. The fraction of sp³-hybridized carbons (Fsp3) is 0.259. The Bertz CT molecular complexity index is 1490. The number of hydrogen-bond acceptors (Lipinski definition) is 4. The molecule has 1 atom stereocenters. The van der Waals surface area contributed by atoms with Crippen molar-refractivity contribution in [1.82, 2.24) is 14.5 Å². The first-order valence-corrected chi connectivity index (χ1v) is 12.0. The van der Waals surface area contributed by atoms with Crippen molar-refractivity contribution in [3.05, 3.63) is 77.5 Å². The molecule has 2 aliphatic rings. The third-order valence-electron chi connectivity index (χ3n) is 7.34. The smallest absolute Gasteiger partial charge is 0.236 e. The molecule has 0 aliphatic heterocycles. The highest BCUT2D eigenvalue weighted by molar-refractivity contribution is 6.33. The number of rotatable bonds is 5. The maximum atomic E-state index is 13.6. The highest BCUT2D eigenvalue weighted by Crippen LogP contribution is 2.56. The monoisotopic (exact) mass is 488 g/mol. The number of ketones is 1. The van der Waals surface area contributed by atoms with Gasteiger partial charge in [-0.3, -0.25) is 9.59 Å². The first kappa shape index (κ1) is 21.9. The second-order valence-corrected chi connectivity index (χ2v) is 9.91. The van der Waals surface area contributed by atoms with Crippen LogP contribution in [0.25, 0.3) is 22.2 Å². The fourth-order valence-electron chi connectivity index (χ4n) is 5.21. The quantitative estimate of drug-likeness (QED) is 0.369. The molecule has 6 nitrogen and oxygen atoms in total. The minimum Gasteiger partial charge on any atom is -0.326 e. The summed E-state index contributed by atoms with van der Waals surface area (Å²) in [6, 6.07) is 14.0. The topological polar surface area (TPSA) is 76.9 Å². The molecule has 1 N–H and O–H groups in total. The Hall–Kier alpha value is -3.58. The molecule has 4 aromatic rings. The molecule has 2 aromatic carbocycles. The molecule has 0 bridgehead atoms. The van der Waals surface area contributed by atoms with Crippen LogP contribution in [0.5, 0.6) is 0 Å². The van der Waals surface area contributed by atoms with E-state index in [1.165, 1.54) is 18.3 Å². The van der Waals surface area contributed by atoms with Crippen LogP contribution in [0, 0.1) is 17.2 Å². The Morgan fingerprint density at radius 1 is 1.17 bits per heavy atom. The van der Waals surface area contributed by atoms with Gasteiger partial charge in [-0.05, 0) is 60.7 Å². The summed E-state index contributed by atoms with van der Waals surface area (Å²) in [5, 5.41) is 3.23. The first-order chi connectivity index (χ1) is 16.9. The highest BCUT2D eigenvalue weighted by Gasteiger charge is 2.58. The average molecular weight is 489 g/mol. The van der Waals surface area contributed by atoms with Crippen molar-refractivity contribution in [3.8, 4) is 11.1 Å². The number of anilines is 1. The van der Waals surface area contributed by atoms with E-state index >= 15 is 0 Å². The molecule has 2 saturated carbocycles. The molecule has 35 heavy (non-hydrogen) atoms. The van der Waals surface area contributed by atoms with Crippen molar-refractivity contribution in [2.75, 3.05) is 5.32 Å². The van der Waals surface area contributed by atoms with Gasteiger partial charge in [0.15, 0.2) is 5.78 Å². The Balaban J connectivity index is 1.26. The third kappa shape index (κ3) is 3.80. The van der Waals surface area contributed by atoms with Gasteiger partial charge in [-0.15, -0.1) is 0 Å². The number of Topliss-reactive ketones (excluding diaryl/α,β-unsaturated/α-hetero) is 1. The van der Waals surface area contributed by atoms with E-state index in [2.05, 4.69) is 15.3 Å². The van der Waals surface area contributed by atoms with Gasteiger partial charge in [-0.25, -0.2) is 14.4 Å². The lowest BCUT2D eigenvalue weighted by atomic mass is 9.50. The van der Waals surface area contributed by atoms with Crippen LogP contribution in [0.4, 0.5) is 10.2 Å². The molecular formula is C27H22ClFN4O2. The number of aromatic nitrogens is 3. The molecule has 176 valence electrons. The molecule has 6 rings (SSSR count). The standard InChI is InChI=1S/C27H22ClFN4O2/c28-21-13-30-24(32-26(35)20-12-27(25(20)34)7-2-8-27)11-19(21)17-5-6-22-23(10-17)33(15-31-22)14-16-3-1-4-18(29)9-16/h1,3-6,9-11,13,15,20H,2,7-8,12,14H2,(H,30,32,35). The molecule has 0 radical (unpaired) electrons. The van der Waals surface area contributed by atoms with Gasteiger partial charge in [0.2, 0.25) is 5.91 Å². The zero-order valence-corrected chi connectivity index (χ0v) is 19.6. The van der Waals surface area contributed by atoms with E-state index in [0.717, 1.165) is 41.4 Å². The molecular weight excluding hydrogens is 467 g/mol. The summed E-state index contributed by atoms with van der Waals surface area (Å²) in [5.74, 6) is -0.767. The SMILES string of the molecule is O=C(Nc1cc(-c2ccc3ncn(Cc4cccc(F)c4)c3c2)c(Cl)cn1)C1CC2(CCC2)C1=O. The number of carbonyl (C=O) groups is 2. The van der Waals surface area contributed by atoms with Crippen molar-refractivity contribution < 1.29 is 14.0 Å². The van der Waals surface area contributed by atoms with E-state index in [1.54, 1.807) is 18.5 Å². The zero-order valence-electron chi connectivity index (χ0n) is 18.8. The van der Waals surface area contributed by atoms with Crippen LogP contribution in [0.1, 0.15) is 31.2 Å². The molecule has 0 saturated heterocycles. The van der Waals surface area contributed by atoms with Crippen LogP contribution in [0.3, 0.4) is 0 Å². The largest absolute Gasteiger partial charge is 0.326 e. The number of benzene rings is 2. The number of pyridine rings is 1. The summed E-state index contributed by atoms with van der Waals surface area (Å²) >= 11 is 6.47. The summed E-state index contributed by atoms with van der Waals surface area (Å²) < 4.78 is 15.6. The van der Waals surface area contributed by atoms with Crippen LogP contribution in [0.15, 0.2) is 61.1 Å². The van der Waals surface area contributed by atoms with E-state index in [4.69, 9.17) is 11.6 Å². The lowest BCUT2D eigenvalue weighted by Crippen LogP contribution is -2.56.